The fraction of sp³-hybridized carbons (Fsp3) is 0.636. The molecule has 2 N–H and O–H groups in total. The molecule has 18 heavy (non-hydrogen) atoms. The molecule has 0 amide bonds. The minimum Gasteiger partial charge on any atom is -0.380 e. The van der Waals surface area contributed by atoms with E-state index in [4.69, 9.17) is 4.74 Å². The molecule has 0 aromatic carbocycles. The molecule has 1 aromatic heterocycles. The van der Waals surface area contributed by atoms with Crippen molar-refractivity contribution >= 4 is 10.0 Å². The Kier molecular flexibility index (Phi) is 5.33. The van der Waals surface area contributed by atoms with Crippen LogP contribution in [0.1, 0.15) is 12.6 Å². The van der Waals surface area contributed by atoms with E-state index in [0.29, 0.717) is 6.54 Å². The lowest BCUT2D eigenvalue weighted by atomic mass is 10.4. The van der Waals surface area contributed by atoms with Crippen LogP contribution in [0, 0.1) is 0 Å². The standard InChI is InChI=1S/C11H21N3O3S/c1-9(17-4)6-13-18(15,16)11-5-10(7-12-2)14(3)8-11/h5,8-9,12-13H,6-7H2,1-4H3. The molecule has 0 spiro atoms. The van der Waals surface area contributed by atoms with Crippen molar-refractivity contribution in [2.24, 2.45) is 7.05 Å². The van der Waals surface area contributed by atoms with Crippen LogP contribution in [0.3, 0.4) is 0 Å². The number of nitrogens with zero attached hydrogens (tertiary/aromatic N) is 1. The van der Waals surface area contributed by atoms with E-state index >= 15 is 0 Å². The molecule has 1 aromatic rings. The minimum absolute atomic E-state index is 0.153. The Bertz CT molecular complexity index is 482. The summed E-state index contributed by atoms with van der Waals surface area (Å²) in [5.74, 6) is 0. The summed E-state index contributed by atoms with van der Waals surface area (Å²) in [6.45, 7) is 2.69. The molecule has 0 fully saturated rings. The number of ether oxygens (including phenoxy) is 1. The zero-order valence-electron chi connectivity index (χ0n) is 11.2. The van der Waals surface area contributed by atoms with Gasteiger partial charge >= 0.3 is 0 Å². The lowest BCUT2D eigenvalue weighted by molar-refractivity contribution is 0.122. The topological polar surface area (TPSA) is 72.4 Å². The van der Waals surface area contributed by atoms with E-state index in [2.05, 4.69) is 10.0 Å². The molecule has 104 valence electrons. The van der Waals surface area contributed by atoms with Crippen LogP contribution in [0.2, 0.25) is 0 Å². The number of nitrogens with one attached hydrogen (secondary N) is 2. The van der Waals surface area contributed by atoms with Gasteiger partial charge in [0.2, 0.25) is 10.0 Å². The average molecular weight is 275 g/mol. The summed E-state index contributed by atoms with van der Waals surface area (Å²) in [7, 11) is 1.73. The van der Waals surface area contributed by atoms with Crippen LogP contribution in [0.5, 0.6) is 0 Å². The molecule has 1 rings (SSSR count). The van der Waals surface area contributed by atoms with Gasteiger partial charge in [-0.25, -0.2) is 13.1 Å². The van der Waals surface area contributed by atoms with Crippen molar-refractivity contribution in [3.05, 3.63) is 18.0 Å². The van der Waals surface area contributed by atoms with Gasteiger partial charge in [0, 0.05) is 39.1 Å². The molecule has 0 aliphatic heterocycles. The van der Waals surface area contributed by atoms with Crippen LogP contribution < -0.4 is 10.0 Å². The lowest BCUT2D eigenvalue weighted by Gasteiger charge is -2.10. The predicted octanol–water partition coefficient (Wildman–Crippen LogP) is 0.0577. The van der Waals surface area contributed by atoms with Crippen LogP contribution in [-0.4, -0.2) is 39.8 Å². The second-order valence-electron chi connectivity index (χ2n) is 4.21. The highest BCUT2D eigenvalue weighted by Gasteiger charge is 2.17. The zero-order valence-corrected chi connectivity index (χ0v) is 12.0. The molecule has 1 atom stereocenters. The molecule has 0 aliphatic rings. The van der Waals surface area contributed by atoms with Crippen molar-refractivity contribution in [2.45, 2.75) is 24.5 Å². The van der Waals surface area contributed by atoms with Crippen molar-refractivity contribution < 1.29 is 13.2 Å². The average Bonchev–Trinajstić information content (AvgIpc) is 2.69. The summed E-state index contributed by atoms with van der Waals surface area (Å²) in [5, 5.41) is 2.99. The van der Waals surface area contributed by atoms with Gasteiger partial charge < -0.3 is 14.6 Å². The summed E-state index contributed by atoms with van der Waals surface area (Å²) in [6.07, 6.45) is 1.45. The number of aryl methyl sites for hydroxylation is 1. The van der Waals surface area contributed by atoms with Gasteiger partial charge in [-0.05, 0) is 20.0 Å². The van der Waals surface area contributed by atoms with Gasteiger partial charge in [-0.1, -0.05) is 0 Å². The van der Waals surface area contributed by atoms with E-state index in [1.54, 1.807) is 30.9 Å². The molecule has 0 bridgehead atoms. The Morgan fingerprint density at radius 2 is 2.17 bits per heavy atom. The Morgan fingerprint density at radius 1 is 1.50 bits per heavy atom. The first kappa shape index (κ1) is 15.2. The first-order chi connectivity index (χ1) is 8.40. The summed E-state index contributed by atoms with van der Waals surface area (Å²) in [5.41, 5.74) is 0.915. The fourth-order valence-corrected chi connectivity index (χ4v) is 2.68. The quantitative estimate of drug-likeness (QED) is 0.738. The van der Waals surface area contributed by atoms with Gasteiger partial charge in [-0.2, -0.15) is 0 Å². The van der Waals surface area contributed by atoms with Gasteiger partial charge in [0.1, 0.15) is 0 Å². The third-order valence-electron chi connectivity index (χ3n) is 2.71. The molecular formula is C11H21N3O3S. The highest BCUT2D eigenvalue weighted by atomic mass is 32.2. The van der Waals surface area contributed by atoms with E-state index in [1.165, 1.54) is 0 Å². The van der Waals surface area contributed by atoms with Gasteiger partial charge in [0.15, 0.2) is 0 Å². The normalized spacial score (nSPS) is 13.8. The number of aromatic nitrogens is 1. The van der Waals surface area contributed by atoms with E-state index in [1.807, 2.05) is 14.1 Å². The smallest absolute Gasteiger partial charge is 0.242 e. The molecule has 7 heteroatoms. The fourth-order valence-electron chi connectivity index (χ4n) is 1.47. The first-order valence-corrected chi connectivity index (χ1v) is 7.21. The van der Waals surface area contributed by atoms with Crippen molar-refractivity contribution in [1.82, 2.24) is 14.6 Å². The molecular weight excluding hydrogens is 254 g/mol. The number of sulfonamides is 1. The molecule has 1 unspecified atom stereocenters. The SMILES string of the molecule is CNCc1cc(S(=O)(=O)NCC(C)OC)cn1C. The second-order valence-corrected chi connectivity index (χ2v) is 5.97. The summed E-state index contributed by atoms with van der Waals surface area (Å²) in [4.78, 5) is 0.276. The van der Waals surface area contributed by atoms with E-state index in [0.717, 1.165) is 5.69 Å². The van der Waals surface area contributed by atoms with E-state index < -0.39 is 10.0 Å². The third kappa shape index (κ3) is 3.81. The summed E-state index contributed by atoms with van der Waals surface area (Å²) < 4.78 is 33.4. The highest BCUT2D eigenvalue weighted by Crippen LogP contribution is 2.13. The monoisotopic (exact) mass is 275 g/mol. The van der Waals surface area contributed by atoms with Crippen molar-refractivity contribution in [1.29, 1.82) is 0 Å². The number of rotatable bonds is 7. The predicted molar refractivity (Wildman–Crippen MR) is 69.8 cm³/mol. The van der Waals surface area contributed by atoms with Crippen LogP contribution in [-0.2, 0) is 28.4 Å². The summed E-state index contributed by atoms with van der Waals surface area (Å²) >= 11 is 0. The van der Waals surface area contributed by atoms with Gasteiger partial charge in [-0.3, -0.25) is 0 Å². The lowest BCUT2D eigenvalue weighted by Crippen LogP contribution is -2.31. The first-order valence-electron chi connectivity index (χ1n) is 5.73. The Morgan fingerprint density at radius 3 is 2.72 bits per heavy atom. The molecule has 0 saturated heterocycles. The van der Waals surface area contributed by atoms with Crippen molar-refractivity contribution in [3.8, 4) is 0 Å². The van der Waals surface area contributed by atoms with Gasteiger partial charge in [0.05, 0.1) is 11.0 Å². The van der Waals surface area contributed by atoms with Crippen LogP contribution >= 0.6 is 0 Å². The van der Waals surface area contributed by atoms with E-state index in [9.17, 15) is 8.42 Å². The van der Waals surface area contributed by atoms with Crippen molar-refractivity contribution in [3.63, 3.8) is 0 Å². The Labute approximate surface area is 108 Å². The summed E-state index contributed by atoms with van der Waals surface area (Å²) in [6, 6.07) is 1.66. The van der Waals surface area contributed by atoms with Gasteiger partial charge in [0.25, 0.3) is 0 Å². The molecule has 0 aliphatic carbocycles. The number of hydrogen-bond acceptors (Lipinski definition) is 4. The highest BCUT2D eigenvalue weighted by molar-refractivity contribution is 7.89. The Hall–Kier alpha value is -0.890. The van der Waals surface area contributed by atoms with Crippen LogP contribution in [0.4, 0.5) is 0 Å². The largest absolute Gasteiger partial charge is 0.380 e. The minimum atomic E-state index is -3.46. The number of hydrogen-bond donors (Lipinski definition) is 2. The maximum atomic E-state index is 12.0. The van der Waals surface area contributed by atoms with Crippen LogP contribution in [0.15, 0.2) is 17.2 Å². The molecule has 6 nitrogen and oxygen atoms in total. The Balaban J connectivity index is 2.82. The third-order valence-corrected chi connectivity index (χ3v) is 4.10. The van der Waals surface area contributed by atoms with E-state index in [-0.39, 0.29) is 17.5 Å². The van der Waals surface area contributed by atoms with Gasteiger partial charge in [-0.15, -0.1) is 0 Å². The number of methoxy groups -OCH3 is 1. The molecule has 0 radical (unpaired) electrons. The molecule has 1 heterocycles. The maximum Gasteiger partial charge on any atom is 0.242 e. The second kappa shape index (κ2) is 6.33. The zero-order chi connectivity index (χ0) is 13.8. The molecule has 0 saturated carbocycles. The van der Waals surface area contributed by atoms with Crippen LogP contribution in [0.25, 0.3) is 0 Å². The van der Waals surface area contributed by atoms with Crippen molar-refractivity contribution in [2.75, 3.05) is 20.7 Å². The maximum absolute atomic E-state index is 12.0.